The Balaban J connectivity index is 2.00. The zero-order valence-corrected chi connectivity index (χ0v) is 11.6. The topological polar surface area (TPSA) is 49.8 Å². The van der Waals surface area contributed by atoms with Gasteiger partial charge in [-0.2, -0.15) is 0 Å². The number of likely N-dealkylation sites (tertiary alicyclic amines) is 1. The maximum atomic E-state index is 12.3. The minimum atomic E-state index is -0.439. The molecule has 1 aliphatic rings. The van der Waals surface area contributed by atoms with Crippen molar-refractivity contribution in [1.29, 1.82) is 0 Å². The molecule has 2 unspecified atom stereocenters. The first-order chi connectivity index (χ1) is 9.61. The van der Waals surface area contributed by atoms with E-state index in [1.165, 1.54) is 0 Å². The molecular weight excluding hydrogens is 254 g/mol. The molecule has 0 spiro atoms. The quantitative estimate of drug-likeness (QED) is 0.850. The number of aliphatic hydroxyl groups excluding tert-OH is 1. The summed E-state index contributed by atoms with van der Waals surface area (Å²) < 4.78 is 5.27. The fourth-order valence-corrected chi connectivity index (χ4v) is 2.23. The summed E-state index contributed by atoms with van der Waals surface area (Å²) in [6, 6.07) is 6.90. The van der Waals surface area contributed by atoms with Crippen LogP contribution in [0.3, 0.4) is 0 Å². The average molecular weight is 273 g/mol. The second kappa shape index (κ2) is 6.44. The number of amides is 1. The molecule has 4 nitrogen and oxygen atoms in total. The highest BCUT2D eigenvalue weighted by molar-refractivity contribution is 5.94. The predicted octanol–water partition coefficient (Wildman–Crippen LogP) is 1.54. The second-order valence-corrected chi connectivity index (χ2v) is 5.10. The van der Waals surface area contributed by atoms with E-state index in [-0.39, 0.29) is 18.4 Å². The number of terminal acetylenes is 1. The summed E-state index contributed by atoms with van der Waals surface area (Å²) in [6.45, 7) is 3.30. The number of aliphatic hydroxyl groups is 1. The molecule has 1 saturated heterocycles. The van der Waals surface area contributed by atoms with Crippen LogP contribution < -0.4 is 4.74 Å². The lowest BCUT2D eigenvalue weighted by Gasteiger charge is -2.34. The zero-order valence-electron chi connectivity index (χ0n) is 11.6. The molecule has 2 rings (SSSR count). The van der Waals surface area contributed by atoms with Crippen LogP contribution in [0.4, 0.5) is 0 Å². The van der Waals surface area contributed by atoms with Gasteiger partial charge >= 0.3 is 0 Å². The molecule has 1 aliphatic heterocycles. The summed E-state index contributed by atoms with van der Waals surface area (Å²) in [7, 11) is 0. The molecular formula is C16H19NO3. The number of β-amino-alcohol motifs (C(OH)–C–C–N with tert-alkyl or cyclic N) is 1. The predicted molar refractivity (Wildman–Crippen MR) is 76.5 cm³/mol. The van der Waals surface area contributed by atoms with Gasteiger partial charge in [-0.25, -0.2) is 0 Å². The summed E-state index contributed by atoms with van der Waals surface area (Å²) in [5.41, 5.74) is 0.597. The Labute approximate surface area is 119 Å². The number of hydrogen-bond donors (Lipinski definition) is 1. The van der Waals surface area contributed by atoms with E-state index < -0.39 is 6.10 Å². The Hall–Kier alpha value is -1.99. The average Bonchev–Trinajstić information content (AvgIpc) is 2.48. The molecule has 1 fully saturated rings. The molecule has 1 aromatic carbocycles. The van der Waals surface area contributed by atoms with Crippen molar-refractivity contribution in [1.82, 2.24) is 4.90 Å². The van der Waals surface area contributed by atoms with Gasteiger partial charge in [0.05, 0.1) is 6.10 Å². The largest absolute Gasteiger partial charge is 0.481 e. The van der Waals surface area contributed by atoms with Crippen molar-refractivity contribution in [3.05, 3.63) is 29.8 Å². The smallest absolute Gasteiger partial charge is 0.253 e. The van der Waals surface area contributed by atoms with Crippen LogP contribution in [-0.2, 0) is 0 Å². The van der Waals surface area contributed by atoms with Crippen molar-refractivity contribution in [2.45, 2.75) is 19.4 Å². The Morgan fingerprint density at radius 2 is 2.20 bits per heavy atom. The Bertz CT molecular complexity index is 503. The first-order valence-electron chi connectivity index (χ1n) is 6.75. The standard InChI is InChI=1S/C16H19NO3/c1-3-10-20-14-6-4-13(5-7-14)16(19)17-9-8-12(2)15(18)11-17/h1,4-7,12,15,18H,8-11H2,2H3. The highest BCUT2D eigenvalue weighted by Gasteiger charge is 2.27. The first kappa shape index (κ1) is 14.4. The van der Waals surface area contributed by atoms with Crippen LogP contribution >= 0.6 is 0 Å². The number of ether oxygens (including phenoxy) is 1. The zero-order chi connectivity index (χ0) is 14.5. The number of piperidine rings is 1. The van der Waals surface area contributed by atoms with Crippen molar-refractivity contribution in [2.24, 2.45) is 5.92 Å². The summed E-state index contributed by atoms with van der Waals surface area (Å²) in [6.07, 6.45) is 5.51. The summed E-state index contributed by atoms with van der Waals surface area (Å²) in [5, 5.41) is 9.85. The lowest BCUT2D eigenvalue weighted by Crippen LogP contribution is -2.45. The molecule has 0 radical (unpaired) electrons. The molecule has 0 bridgehead atoms. The fourth-order valence-electron chi connectivity index (χ4n) is 2.23. The lowest BCUT2D eigenvalue weighted by molar-refractivity contribution is 0.0248. The molecule has 0 aromatic heterocycles. The molecule has 4 heteroatoms. The van der Waals surface area contributed by atoms with Crippen LogP contribution in [0.15, 0.2) is 24.3 Å². The van der Waals surface area contributed by atoms with E-state index in [1.807, 2.05) is 6.92 Å². The number of carbonyl (C=O) groups excluding carboxylic acids is 1. The van der Waals surface area contributed by atoms with Crippen molar-refractivity contribution >= 4 is 5.91 Å². The van der Waals surface area contributed by atoms with E-state index in [1.54, 1.807) is 29.2 Å². The van der Waals surface area contributed by atoms with Gasteiger partial charge in [-0.3, -0.25) is 4.79 Å². The molecule has 20 heavy (non-hydrogen) atoms. The molecule has 1 amide bonds. The van der Waals surface area contributed by atoms with E-state index in [2.05, 4.69) is 5.92 Å². The number of nitrogens with zero attached hydrogens (tertiary/aromatic N) is 1. The van der Waals surface area contributed by atoms with Crippen LogP contribution in [0.25, 0.3) is 0 Å². The molecule has 2 atom stereocenters. The Kier molecular flexibility index (Phi) is 4.65. The van der Waals surface area contributed by atoms with Gasteiger partial charge in [0.15, 0.2) is 0 Å². The Morgan fingerprint density at radius 3 is 2.80 bits per heavy atom. The third-order valence-corrected chi connectivity index (χ3v) is 3.63. The lowest BCUT2D eigenvalue weighted by atomic mass is 9.95. The minimum Gasteiger partial charge on any atom is -0.481 e. The van der Waals surface area contributed by atoms with Gasteiger partial charge in [-0.1, -0.05) is 12.8 Å². The van der Waals surface area contributed by atoms with Crippen molar-refractivity contribution in [2.75, 3.05) is 19.7 Å². The van der Waals surface area contributed by atoms with Gasteiger partial charge in [0, 0.05) is 18.7 Å². The van der Waals surface area contributed by atoms with Crippen LogP contribution in [0.1, 0.15) is 23.7 Å². The molecule has 1 aromatic rings. The third-order valence-electron chi connectivity index (χ3n) is 3.63. The highest BCUT2D eigenvalue weighted by atomic mass is 16.5. The summed E-state index contributed by atoms with van der Waals surface area (Å²) >= 11 is 0. The molecule has 0 saturated carbocycles. The van der Waals surface area contributed by atoms with E-state index >= 15 is 0 Å². The Morgan fingerprint density at radius 1 is 1.50 bits per heavy atom. The second-order valence-electron chi connectivity index (χ2n) is 5.10. The number of benzene rings is 1. The highest BCUT2D eigenvalue weighted by Crippen LogP contribution is 2.20. The maximum absolute atomic E-state index is 12.3. The van der Waals surface area contributed by atoms with Gasteiger partial charge in [-0.15, -0.1) is 6.42 Å². The molecule has 0 aliphatic carbocycles. The maximum Gasteiger partial charge on any atom is 0.253 e. The molecule has 106 valence electrons. The number of hydrogen-bond acceptors (Lipinski definition) is 3. The van der Waals surface area contributed by atoms with Gasteiger partial charge in [0.1, 0.15) is 12.4 Å². The van der Waals surface area contributed by atoms with E-state index in [4.69, 9.17) is 11.2 Å². The van der Waals surface area contributed by atoms with Crippen LogP contribution in [0.2, 0.25) is 0 Å². The molecule has 1 heterocycles. The minimum absolute atomic E-state index is 0.0561. The van der Waals surface area contributed by atoms with Gasteiger partial charge in [0.25, 0.3) is 5.91 Å². The molecule has 1 N–H and O–H groups in total. The van der Waals surface area contributed by atoms with E-state index in [0.29, 0.717) is 24.4 Å². The van der Waals surface area contributed by atoms with Gasteiger partial charge in [0.2, 0.25) is 0 Å². The monoisotopic (exact) mass is 273 g/mol. The van der Waals surface area contributed by atoms with Crippen molar-refractivity contribution in [3.63, 3.8) is 0 Å². The summed E-state index contributed by atoms with van der Waals surface area (Å²) in [4.78, 5) is 14.0. The van der Waals surface area contributed by atoms with Crippen LogP contribution in [-0.4, -0.2) is 41.7 Å². The van der Waals surface area contributed by atoms with Gasteiger partial charge in [-0.05, 0) is 36.6 Å². The first-order valence-corrected chi connectivity index (χ1v) is 6.75. The van der Waals surface area contributed by atoms with Crippen molar-refractivity contribution in [3.8, 4) is 18.1 Å². The van der Waals surface area contributed by atoms with Crippen LogP contribution in [0.5, 0.6) is 5.75 Å². The SMILES string of the molecule is C#CCOc1ccc(C(=O)N2CCC(C)C(O)C2)cc1. The van der Waals surface area contributed by atoms with Crippen LogP contribution in [0, 0.1) is 18.3 Å². The normalized spacial score (nSPS) is 22.1. The van der Waals surface area contributed by atoms with E-state index in [9.17, 15) is 9.90 Å². The fraction of sp³-hybridized carbons (Fsp3) is 0.438. The van der Waals surface area contributed by atoms with Crippen molar-refractivity contribution < 1.29 is 14.6 Å². The number of carbonyl (C=O) groups is 1. The summed E-state index contributed by atoms with van der Waals surface area (Å²) in [5.74, 6) is 3.23. The van der Waals surface area contributed by atoms with Gasteiger partial charge < -0.3 is 14.7 Å². The third kappa shape index (κ3) is 3.31. The number of rotatable bonds is 3. The van der Waals surface area contributed by atoms with E-state index in [0.717, 1.165) is 6.42 Å².